The van der Waals surface area contributed by atoms with Crippen molar-refractivity contribution >= 4 is 32.5 Å². The van der Waals surface area contributed by atoms with Gasteiger partial charge in [0.1, 0.15) is 0 Å². The fourth-order valence-electron chi connectivity index (χ4n) is 2.54. The third-order valence-corrected chi connectivity index (χ3v) is 3.83. The molecule has 2 nitrogen and oxygen atoms in total. The maximum atomic E-state index is 4.51. The molecule has 0 saturated heterocycles. The minimum Gasteiger partial charge on any atom is -0.381 e. The minimum atomic E-state index is 0.631. The van der Waals surface area contributed by atoms with Crippen molar-refractivity contribution < 1.29 is 0 Å². The number of pyridine rings is 1. The van der Waals surface area contributed by atoms with Gasteiger partial charge < -0.3 is 5.32 Å². The Morgan fingerprint density at radius 1 is 1.24 bits per heavy atom. The SMILES string of the molecule is Brc1cnc2c(NC3CCCC3)cccc2c1. The van der Waals surface area contributed by atoms with Crippen LogP contribution < -0.4 is 5.32 Å². The van der Waals surface area contributed by atoms with Crippen LogP contribution in [0.2, 0.25) is 0 Å². The fraction of sp³-hybridized carbons (Fsp3) is 0.357. The van der Waals surface area contributed by atoms with Gasteiger partial charge in [0.2, 0.25) is 0 Å². The zero-order valence-electron chi connectivity index (χ0n) is 9.62. The Kier molecular flexibility index (Phi) is 3.02. The smallest absolute Gasteiger partial charge is 0.0934 e. The van der Waals surface area contributed by atoms with Gasteiger partial charge in [-0.1, -0.05) is 25.0 Å². The Labute approximate surface area is 110 Å². The molecule has 0 spiro atoms. The molecule has 3 rings (SSSR count). The Morgan fingerprint density at radius 3 is 2.88 bits per heavy atom. The first-order chi connectivity index (χ1) is 8.33. The lowest BCUT2D eigenvalue weighted by Crippen LogP contribution is -2.14. The normalized spacial score (nSPS) is 16.5. The molecule has 1 saturated carbocycles. The molecule has 1 aromatic carbocycles. The maximum absolute atomic E-state index is 4.51. The summed E-state index contributed by atoms with van der Waals surface area (Å²) in [5, 5.41) is 4.81. The van der Waals surface area contributed by atoms with Crippen molar-refractivity contribution in [2.75, 3.05) is 5.32 Å². The van der Waals surface area contributed by atoms with Gasteiger partial charge in [0.15, 0.2) is 0 Å². The van der Waals surface area contributed by atoms with Crippen molar-refractivity contribution in [3.8, 4) is 0 Å². The lowest BCUT2D eigenvalue weighted by Gasteiger charge is -2.15. The number of hydrogen-bond acceptors (Lipinski definition) is 2. The van der Waals surface area contributed by atoms with E-state index in [9.17, 15) is 0 Å². The summed E-state index contributed by atoms with van der Waals surface area (Å²) < 4.78 is 1.03. The van der Waals surface area contributed by atoms with Crippen LogP contribution in [0.25, 0.3) is 10.9 Å². The predicted molar refractivity (Wildman–Crippen MR) is 75.3 cm³/mol. The summed E-state index contributed by atoms with van der Waals surface area (Å²) in [7, 11) is 0. The minimum absolute atomic E-state index is 0.631. The number of rotatable bonds is 2. The molecule has 1 aliphatic rings. The highest BCUT2D eigenvalue weighted by Gasteiger charge is 2.15. The number of anilines is 1. The fourth-order valence-corrected chi connectivity index (χ4v) is 2.89. The van der Waals surface area contributed by atoms with Crippen LogP contribution >= 0.6 is 15.9 Å². The summed E-state index contributed by atoms with van der Waals surface area (Å²) in [6.45, 7) is 0. The van der Waals surface area contributed by atoms with E-state index in [1.807, 2.05) is 6.20 Å². The molecule has 0 radical (unpaired) electrons. The van der Waals surface area contributed by atoms with Crippen LogP contribution in [0.3, 0.4) is 0 Å². The number of nitrogens with one attached hydrogen (secondary N) is 1. The summed E-state index contributed by atoms with van der Waals surface area (Å²) in [4.78, 5) is 4.51. The summed E-state index contributed by atoms with van der Waals surface area (Å²) in [6, 6.07) is 9.07. The van der Waals surface area contributed by atoms with Crippen LogP contribution in [0, 0.1) is 0 Å². The first-order valence-corrected chi connectivity index (χ1v) is 6.93. The summed E-state index contributed by atoms with van der Waals surface area (Å²) in [5.74, 6) is 0. The Bertz CT molecular complexity index is 533. The van der Waals surface area contributed by atoms with Crippen LogP contribution in [-0.2, 0) is 0 Å². The van der Waals surface area contributed by atoms with E-state index in [4.69, 9.17) is 0 Å². The highest BCUT2D eigenvalue weighted by Crippen LogP contribution is 2.27. The van der Waals surface area contributed by atoms with Crippen molar-refractivity contribution in [2.45, 2.75) is 31.7 Å². The van der Waals surface area contributed by atoms with Gasteiger partial charge in [-0.25, -0.2) is 0 Å². The average molecular weight is 291 g/mol. The van der Waals surface area contributed by atoms with Crippen molar-refractivity contribution in [2.24, 2.45) is 0 Å². The highest BCUT2D eigenvalue weighted by atomic mass is 79.9. The molecule has 1 aromatic heterocycles. The number of aromatic nitrogens is 1. The molecular formula is C14H15BrN2. The van der Waals surface area contributed by atoms with Crippen LogP contribution in [-0.4, -0.2) is 11.0 Å². The van der Waals surface area contributed by atoms with Gasteiger partial charge in [0, 0.05) is 22.1 Å². The second-order valence-electron chi connectivity index (χ2n) is 4.66. The van der Waals surface area contributed by atoms with Crippen LogP contribution in [0.4, 0.5) is 5.69 Å². The van der Waals surface area contributed by atoms with E-state index < -0.39 is 0 Å². The average Bonchev–Trinajstić information content (AvgIpc) is 2.82. The van der Waals surface area contributed by atoms with E-state index in [0.29, 0.717) is 6.04 Å². The first-order valence-electron chi connectivity index (χ1n) is 6.14. The lowest BCUT2D eigenvalue weighted by molar-refractivity contribution is 0.756. The van der Waals surface area contributed by atoms with E-state index in [0.717, 1.165) is 9.99 Å². The largest absolute Gasteiger partial charge is 0.381 e. The van der Waals surface area contributed by atoms with Gasteiger partial charge >= 0.3 is 0 Å². The quantitative estimate of drug-likeness (QED) is 0.889. The number of para-hydroxylation sites is 1. The molecule has 0 amide bonds. The molecule has 0 aliphatic heterocycles. The number of nitrogens with zero attached hydrogens (tertiary/aromatic N) is 1. The lowest BCUT2D eigenvalue weighted by atomic mass is 10.1. The molecule has 0 unspecified atom stereocenters. The van der Waals surface area contributed by atoms with Gasteiger partial charge in [-0.15, -0.1) is 0 Å². The predicted octanol–water partition coefficient (Wildman–Crippen LogP) is 4.35. The molecule has 1 aliphatic carbocycles. The monoisotopic (exact) mass is 290 g/mol. The van der Waals surface area contributed by atoms with E-state index in [1.165, 1.54) is 36.8 Å². The van der Waals surface area contributed by atoms with Crippen molar-refractivity contribution in [1.29, 1.82) is 0 Å². The third kappa shape index (κ3) is 2.29. The Hall–Kier alpha value is -1.09. The zero-order chi connectivity index (χ0) is 11.7. The van der Waals surface area contributed by atoms with Gasteiger partial charge in [-0.05, 0) is 40.9 Å². The van der Waals surface area contributed by atoms with Crippen molar-refractivity contribution in [3.63, 3.8) is 0 Å². The number of fused-ring (bicyclic) bond motifs is 1. The van der Waals surface area contributed by atoms with Crippen LogP contribution in [0.5, 0.6) is 0 Å². The highest BCUT2D eigenvalue weighted by molar-refractivity contribution is 9.10. The molecule has 2 aromatic rings. The van der Waals surface area contributed by atoms with Gasteiger partial charge in [-0.2, -0.15) is 0 Å². The Morgan fingerprint density at radius 2 is 2.06 bits per heavy atom. The topological polar surface area (TPSA) is 24.9 Å². The van der Waals surface area contributed by atoms with Gasteiger partial charge in [0.05, 0.1) is 11.2 Å². The standard InChI is InChI=1S/C14H15BrN2/c15-11-8-10-4-3-7-13(14(10)16-9-11)17-12-5-1-2-6-12/h3-4,7-9,12,17H,1-2,5-6H2. The molecule has 88 valence electrons. The zero-order valence-corrected chi connectivity index (χ0v) is 11.2. The second kappa shape index (κ2) is 4.65. The molecule has 0 bridgehead atoms. The molecule has 1 fully saturated rings. The van der Waals surface area contributed by atoms with E-state index >= 15 is 0 Å². The number of hydrogen-bond donors (Lipinski definition) is 1. The summed E-state index contributed by atoms with van der Waals surface area (Å²) >= 11 is 3.46. The Balaban J connectivity index is 1.97. The molecule has 1 heterocycles. The van der Waals surface area contributed by atoms with Gasteiger partial charge in [-0.3, -0.25) is 4.98 Å². The second-order valence-corrected chi connectivity index (χ2v) is 5.57. The van der Waals surface area contributed by atoms with E-state index in [1.54, 1.807) is 0 Å². The number of halogens is 1. The summed E-state index contributed by atoms with van der Waals surface area (Å²) in [6.07, 6.45) is 7.13. The molecule has 17 heavy (non-hydrogen) atoms. The third-order valence-electron chi connectivity index (χ3n) is 3.39. The summed E-state index contributed by atoms with van der Waals surface area (Å²) in [5.41, 5.74) is 2.24. The van der Waals surface area contributed by atoms with Gasteiger partial charge in [0.25, 0.3) is 0 Å². The maximum Gasteiger partial charge on any atom is 0.0934 e. The van der Waals surface area contributed by atoms with Crippen LogP contribution in [0.1, 0.15) is 25.7 Å². The molecule has 0 atom stereocenters. The molecular weight excluding hydrogens is 276 g/mol. The van der Waals surface area contributed by atoms with Crippen molar-refractivity contribution in [3.05, 3.63) is 34.9 Å². The molecule has 3 heteroatoms. The number of benzene rings is 1. The first kappa shape index (κ1) is 11.0. The van der Waals surface area contributed by atoms with Crippen LogP contribution in [0.15, 0.2) is 34.9 Å². The van der Waals surface area contributed by atoms with E-state index in [-0.39, 0.29) is 0 Å². The van der Waals surface area contributed by atoms with E-state index in [2.05, 4.69) is 50.5 Å². The van der Waals surface area contributed by atoms with Crippen molar-refractivity contribution in [1.82, 2.24) is 4.98 Å². The molecule has 1 N–H and O–H groups in total.